The molecule has 0 atom stereocenters. The van der Waals surface area contributed by atoms with E-state index in [4.69, 9.17) is 21.1 Å². The number of methoxy groups -OCH3 is 1. The molecule has 0 aliphatic rings. The van der Waals surface area contributed by atoms with E-state index in [1.54, 1.807) is 86.0 Å². The quantitative estimate of drug-likeness (QED) is 0.303. The van der Waals surface area contributed by atoms with Gasteiger partial charge in [-0.05, 0) is 48.5 Å². The number of nitrogens with zero attached hydrogens (tertiary/aromatic N) is 3. The molecule has 3 aromatic carbocycles. The average Bonchev–Trinajstić information content (AvgIpc) is 3.29. The molecule has 0 aliphatic heterocycles. The first-order valence-electron chi connectivity index (χ1n) is 9.68. The molecule has 0 aliphatic carbocycles. The zero-order valence-electron chi connectivity index (χ0n) is 17.1. The minimum Gasteiger partial charge on any atom is -0.497 e. The number of rotatable bonds is 7. The van der Waals surface area contributed by atoms with Gasteiger partial charge in [-0.15, -0.1) is 5.10 Å². The lowest BCUT2D eigenvalue weighted by molar-refractivity contribution is 0.0462. The molecule has 1 heterocycles. The largest absolute Gasteiger partial charge is 0.497 e. The van der Waals surface area contributed by atoms with Gasteiger partial charge < -0.3 is 9.47 Å². The molecule has 7 nitrogen and oxygen atoms in total. The summed E-state index contributed by atoms with van der Waals surface area (Å²) in [6, 6.07) is 22.7. The number of hydrogen-bond donors (Lipinski definition) is 0. The third-order valence-electron chi connectivity index (χ3n) is 4.64. The summed E-state index contributed by atoms with van der Waals surface area (Å²) in [5.41, 5.74) is 1.83. The number of halogens is 1. The van der Waals surface area contributed by atoms with E-state index in [1.807, 2.05) is 0 Å². The van der Waals surface area contributed by atoms with Crippen molar-refractivity contribution in [2.45, 2.75) is 0 Å². The van der Waals surface area contributed by atoms with E-state index in [0.29, 0.717) is 33.4 Å². The van der Waals surface area contributed by atoms with Crippen LogP contribution >= 0.6 is 11.6 Å². The first kappa shape index (κ1) is 21.3. The predicted octanol–water partition coefficient (Wildman–Crippen LogP) is 4.64. The van der Waals surface area contributed by atoms with Gasteiger partial charge in [-0.25, -0.2) is 14.5 Å². The van der Waals surface area contributed by atoms with Crippen molar-refractivity contribution in [3.05, 3.63) is 95.3 Å². The Morgan fingerprint density at radius 3 is 2.28 bits per heavy atom. The Hall–Kier alpha value is -3.97. The number of esters is 1. The molecule has 0 bridgehead atoms. The second kappa shape index (κ2) is 9.45. The van der Waals surface area contributed by atoms with Gasteiger partial charge in [0.15, 0.2) is 18.2 Å². The second-order valence-corrected chi connectivity index (χ2v) is 7.18. The van der Waals surface area contributed by atoms with E-state index in [-0.39, 0.29) is 11.6 Å². The molecule has 0 radical (unpaired) electrons. The van der Waals surface area contributed by atoms with Crippen LogP contribution in [0.4, 0.5) is 0 Å². The van der Waals surface area contributed by atoms with Gasteiger partial charge in [0, 0.05) is 16.1 Å². The molecule has 0 saturated carbocycles. The maximum atomic E-state index is 12.6. The molecule has 1 aromatic heterocycles. The molecule has 160 valence electrons. The number of ether oxygens (including phenoxy) is 2. The Labute approximate surface area is 189 Å². The van der Waals surface area contributed by atoms with E-state index in [0.717, 1.165) is 0 Å². The van der Waals surface area contributed by atoms with Crippen molar-refractivity contribution in [3.63, 3.8) is 0 Å². The van der Waals surface area contributed by atoms with Gasteiger partial charge >= 0.3 is 5.97 Å². The number of carbonyl (C=O) groups is 2. The van der Waals surface area contributed by atoms with E-state index in [9.17, 15) is 9.59 Å². The lowest BCUT2D eigenvalue weighted by Crippen LogP contribution is -2.15. The highest BCUT2D eigenvalue weighted by Crippen LogP contribution is 2.24. The number of carbonyl (C=O) groups excluding carboxylic acids is 2. The van der Waals surface area contributed by atoms with Crippen LogP contribution in [0.3, 0.4) is 0 Å². The van der Waals surface area contributed by atoms with Crippen molar-refractivity contribution < 1.29 is 19.1 Å². The van der Waals surface area contributed by atoms with Crippen LogP contribution in [-0.2, 0) is 4.74 Å². The molecule has 0 N–H and O–H groups in total. The molecular formula is C24H18ClN3O4. The first-order chi connectivity index (χ1) is 15.5. The summed E-state index contributed by atoms with van der Waals surface area (Å²) in [7, 11) is 1.58. The standard InChI is InChI=1S/C24H18ClN3O4/c1-31-20-13-11-19(12-14-20)28-23(17-7-9-18(25)10-8-17)26-22(27-28)24(30)32-15-21(29)16-5-3-2-4-6-16/h2-14H,15H2,1H3. The van der Waals surface area contributed by atoms with Gasteiger partial charge in [-0.2, -0.15) is 0 Å². The molecule has 32 heavy (non-hydrogen) atoms. The normalized spacial score (nSPS) is 10.6. The molecule has 0 saturated heterocycles. The molecule has 4 aromatic rings. The van der Waals surface area contributed by atoms with Crippen molar-refractivity contribution in [2.24, 2.45) is 0 Å². The number of ketones is 1. The van der Waals surface area contributed by atoms with Gasteiger partial charge in [0.1, 0.15) is 5.75 Å². The van der Waals surface area contributed by atoms with Crippen molar-refractivity contribution in [3.8, 4) is 22.8 Å². The third-order valence-corrected chi connectivity index (χ3v) is 4.89. The molecule has 0 amide bonds. The van der Waals surface area contributed by atoms with Gasteiger partial charge in [-0.1, -0.05) is 41.9 Å². The lowest BCUT2D eigenvalue weighted by atomic mass is 10.1. The molecule has 0 fully saturated rings. The fraction of sp³-hybridized carbons (Fsp3) is 0.0833. The summed E-state index contributed by atoms with van der Waals surface area (Å²) in [5.74, 6) is -0.163. The summed E-state index contributed by atoms with van der Waals surface area (Å²) < 4.78 is 11.9. The minimum atomic E-state index is -0.795. The van der Waals surface area contributed by atoms with Crippen LogP contribution < -0.4 is 4.74 Å². The minimum absolute atomic E-state index is 0.161. The topological polar surface area (TPSA) is 83.3 Å². The summed E-state index contributed by atoms with van der Waals surface area (Å²) >= 11 is 6.00. The van der Waals surface area contributed by atoms with Gasteiger partial charge in [0.25, 0.3) is 5.82 Å². The first-order valence-corrected chi connectivity index (χ1v) is 10.1. The van der Waals surface area contributed by atoms with E-state index in [1.165, 1.54) is 4.68 Å². The van der Waals surface area contributed by atoms with Crippen molar-refractivity contribution in [1.82, 2.24) is 14.8 Å². The Balaban J connectivity index is 1.62. The van der Waals surface area contributed by atoms with E-state index >= 15 is 0 Å². The smallest absolute Gasteiger partial charge is 0.378 e. The fourth-order valence-electron chi connectivity index (χ4n) is 2.99. The summed E-state index contributed by atoms with van der Waals surface area (Å²) in [6.45, 7) is -0.407. The van der Waals surface area contributed by atoms with Gasteiger partial charge in [0.2, 0.25) is 0 Å². The Morgan fingerprint density at radius 1 is 0.938 bits per heavy atom. The van der Waals surface area contributed by atoms with E-state index in [2.05, 4.69) is 10.1 Å². The zero-order valence-corrected chi connectivity index (χ0v) is 17.8. The van der Waals surface area contributed by atoms with Crippen LogP contribution in [0.5, 0.6) is 5.75 Å². The third kappa shape index (κ3) is 4.68. The maximum Gasteiger partial charge on any atom is 0.378 e. The highest BCUT2D eigenvalue weighted by molar-refractivity contribution is 6.30. The highest BCUT2D eigenvalue weighted by atomic mass is 35.5. The fourth-order valence-corrected chi connectivity index (χ4v) is 3.12. The van der Waals surface area contributed by atoms with Crippen LogP contribution in [0.2, 0.25) is 5.02 Å². The maximum absolute atomic E-state index is 12.6. The monoisotopic (exact) mass is 447 g/mol. The Morgan fingerprint density at radius 2 is 1.62 bits per heavy atom. The number of Topliss-reactive ketones (excluding diaryl/α,β-unsaturated/α-hetero) is 1. The number of benzene rings is 3. The molecule has 4 rings (SSSR count). The Kier molecular flexibility index (Phi) is 6.28. The Bertz CT molecular complexity index is 1240. The summed E-state index contributed by atoms with van der Waals surface area (Å²) in [6.07, 6.45) is 0. The lowest BCUT2D eigenvalue weighted by Gasteiger charge is -2.07. The van der Waals surface area contributed by atoms with E-state index < -0.39 is 12.6 Å². The zero-order chi connectivity index (χ0) is 22.5. The van der Waals surface area contributed by atoms with Crippen molar-refractivity contribution >= 4 is 23.4 Å². The predicted molar refractivity (Wildman–Crippen MR) is 119 cm³/mol. The van der Waals surface area contributed by atoms with Crippen LogP contribution in [0, 0.1) is 0 Å². The second-order valence-electron chi connectivity index (χ2n) is 6.74. The highest BCUT2D eigenvalue weighted by Gasteiger charge is 2.21. The van der Waals surface area contributed by atoms with Crippen LogP contribution in [0.25, 0.3) is 17.1 Å². The number of hydrogen-bond acceptors (Lipinski definition) is 6. The summed E-state index contributed by atoms with van der Waals surface area (Å²) in [4.78, 5) is 29.2. The molecular weight excluding hydrogens is 430 g/mol. The molecule has 0 spiro atoms. The average molecular weight is 448 g/mol. The van der Waals surface area contributed by atoms with Crippen molar-refractivity contribution in [1.29, 1.82) is 0 Å². The number of aromatic nitrogens is 3. The van der Waals surface area contributed by atoms with Crippen LogP contribution in [0.15, 0.2) is 78.9 Å². The molecule has 8 heteroatoms. The molecule has 0 unspecified atom stereocenters. The van der Waals surface area contributed by atoms with Crippen molar-refractivity contribution in [2.75, 3.05) is 13.7 Å². The van der Waals surface area contributed by atoms with Crippen LogP contribution in [-0.4, -0.2) is 40.2 Å². The summed E-state index contributed by atoms with van der Waals surface area (Å²) in [5, 5.41) is 4.90. The van der Waals surface area contributed by atoms with Crippen LogP contribution in [0.1, 0.15) is 21.0 Å². The van der Waals surface area contributed by atoms with Gasteiger partial charge in [0.05, 0.1) is 12.8 Å². The SMILES string of the molecule is COc1ccc(-n2nc(C(=O)OCC(=O)c3ccccc3)nc2-c2ccc(Cl)cc2)cc1. The van der Waals surface area contributed by atoms with Gasteiger partial charge in [-0.3, -0.25) is 4.79 Å².